The minimum atomic E-state index is -0.308. The zero-order valence-corrected chi connectivity index (χ0v) is 10.7. The van der Waals surface area contributed by atoms with Crippen LogP contribution < -0.4 is 16.0 Å². The van der Waals surface area contributed by atoms with Gasteiger partial charge in [-0.2, -0.15) is 0 Å². The third-order valence-electron chi connectivity index (χ3n) is 2.81. The fourth-order valence-corrected chi connectivity index (χ4v) is 1.77. The first-order valence-electron chi connectivity index (χ1n) is 5.99. The van der Waals surface area contributed by atoms with Crippen LogP contribution in [0, 0.1) is 6.92 Å². The predicted octanol–water partition coefficient (Wildman–Crippen LogP) is 2.18. The van der Waals surface area contributed by atoms with Crippen molar-refractivity contribution in [1.29, 1.82) is 0 Å². The Kier molecular flexibility index (Phi) is 4.15. The lowest BCUT2D eigenvalue weighted by atomic mass is 10.1. The molecule has 0 radical (unpaired) electrons. The van der Waals surface area contributed by atoms with Crippen LogP contribution in [-0.2, 0) is 6.61 Å². The highest BCUT2D eigenvalue weighted by atomic mass is 16.5. The van der Waals surface area contributed by atoms with Crippen LogP contribution in [0.2, 0.25) is 0 Å². The number of hydrogen-bond donors (Lipinski definition) is 2. The van der Waals surface area contributed by atoms with Crippen molar-refractivity contribution in [2.45, 2.75) is 13.5 Å². The Bertz CT molecular complexity index is 568. The lowest BCUT2D eigenvalue weighted by molar-refractivity contribution is 0.0953. The maximum Gasteiger partial charge on any atom is 0.265 e. The number of amides is 1. The van der Waals surface area contributed by atoms with Crippen molar-refractivity contribution < 1.29 is 9.53 Å². The summed E-state index contributed by atoms with van der Waals surface area (Å²) < 4.78 is 5.73. The molecule has 98 valence electrons. The van der Waals surface area contributed by atoms with Crippen LogP contribution >= 0.6 is 0 Å². The molecule has 0 bridgehead atoms. The summed E-state index contributed by atoms with van der Waals surface area (Å²) in [5, 5.41) is 0. The third-order valence-corrected chi connectivity index (χ3v) is 2.81. The fourth-order valence-electron chi connectivity index (χ4n) is 1.77. The standard InChI is InChI=1S/C15H16N2O2/c1-11-9-13(15(18)17-16)7-8-14(11)19-10-12-5-3-2-4-6-12/h2-9H,10,16H2,1H3,(H,17,18). The van der Waals surface area contributed by atoms with Gasteiger partial charge in [0.25, 0.3) is 5.91 Å². The van der Waals surface area contributed by atoms with Gasteiger partial charge in [0, 0.05) is 5.56 Å². The maximum absolute atomic E-state index is 11.4. The molecular weight excluding hydrogens is 240 g/mol. The van der Waals surface area contributed by atoms with E-state index in [4.69, 9.17) is 10.6 Å². The fraction of sp³-hybridized carbons (Fsp3) is 0.133. The van der Waals surface area contributed by atoms with E-state index in [-0.39, 0.29) is 5.91 Å². The first-order chi connectivity index (χ1) is 9.20. The van der Waals surface area contributed by atoms with E-state index in [1.54, 1.807) is 18.2 Å². The molecule has 19 heavy (non-hydrogen) atoms. The van der Waals surface area contributed by atoms with Crippen LogP contribution in [0.1, 0.15) is 21.5 Å². The zero-order valence-electron chi connectivity index (χ0n) is 10.7. The van der Waals surface area contributed by atoms with Gasteiger partial charge >= 0.3 is 0 Å². The molecule has 2 rings (SSSR count). The van der Waals surface area contributed by atoms with E-state index in [0.29, 0.717) is 12.2 Å². The largest absolute Gasteiger partial charge is 0.489 e. The molecule has 0 fully saturated rings. The van der Waals surface area contributed by atoms with E-state index in [9.17, 15) is 4.79 Å². The molecule has 2 aromatic rings. The number of carbonyl (C=O) groups excluding carboxylic acids is 1. The van der Waals surface area contributed by atoms with Gasteiger partial charge in [0.2, 0.25) is 0 Å². The summed E-state index contributed by atoms with van der Waals surface area (Å²) in [6, 6.07) is 15.1. The lowest BCUT2D eigenvalue weighted by Gasteiger charge is -2.10. The van der Waals surface area contributed by atoms with Gasteiger partial charge in [0.1, 0.15) is 12.4 Å². The van der Waals surface area contributed by atoms with Crippen LogP contribution in [0.4, 0.5) is 0 Å². The quantitative estimate of drug-likeness (QED) is 0.500. The lowest BCUT2D eigenvalue weighted by Crippen LogP contribution is -2.29. The average Bonchev–Trinajstić information content (AvgIpc) is 2.46. The highest BCUT2D eigenvalue weighted by Gasteiger charge is 2.07. The molecule has 4 nitrogen and oxygen atoms in total. The Balaban J connectivity index is 2.07. The molecule has 0 aliphatic carbocycles. The van der Waals surface area contributed by atoms with Crippen molar-refractivity contribution in [2.75, 3.05) is 0 Å². The molecule has 2 aromatic carbocycles. The molecule has 1 amide bonds. The second-order valence-electron chi connectivity index (χ2n) is 4.23. The first-order valence-corrected chi connectivity index (χ1v) is 5.99. The van der Waals surface area contributed by atoms with E-state index < -0.39 is 0 Å². The highest BCUT2D eigenvalue weighted by molar-refractivity contribution is 5.94. The molecule has 3 N–H and O–H groups in total. The molecular formula is C15H16N2O2. The summed E-state index contributed by atoms with van der Waals surface area (Å²) in [6.45, 7) is 2.40. The van der Waals surface area contributed by atoms with Crippen LogP contribution in [0.15, 0.2) is 48.5 Å². The molecule has 0 atom stereocenters. The second-order valence-corrected chi connectivity index (χ2v) is 4.23. The van der Waals surface area contributed by atoms with E-state index in [1.165, 1.54) is 0 Å². The van der Waals surface area contributed by atoms with E-state index in [2.05, 4.69) is 5.43 Å². The molecule has 0 saturated heterocycles. The van der Waals surface area contributed by atoms with Crippen molar-refractivity contribution in [3.05, 3.63) is 65.2 Å². The molecule has 0 heterocycles. The summed E-state index contributed by atoms with van der Waals surface area (Å²) in [4.78, 5) is 11.4. The van der Waals surface area contributed by atoms with Crippen molar-refractivity contribution in [3.8, 4) is 5.75 Å². The van der Waals surface area contributed by atoms with Gasteiger partial charge in [-0.25, -0.2) is 5.84 Å². The van der Waals surface area contributed by atoms with Crippen molar-refractivity contribution in [3.63, 3.8) is 0 Å². The van der Waals surface area contributed by atoms with Gasteiger partial charge in [-0.1, -0.05) is 30.3 Å². The summed E-state index contributed by atoms with van der Waals surface area (Å²) in [7, 11) is 0. The Labute approximate surface area is 112 Å². The molecule has 0 unspecified atom stereocenters. The van der Waals surface area contributed by atoms with Crippen LogP contribution in [0.25, 0.3) is 0 Å². The van der Waals surface area contributed by atoms with E-state index in [1.807, 2.05) is 37.3 Å². The minimum Gasteiger partial charge on any atom is -0.489 e. The van der Waals surface area contributed by atoms with Crippen LogP contribution in [0.5, 0.6) is 5.75 Å². The van der Waals surface area contributed by atoms with Gasteiger partial charge < -0.3 is 4.74 Å². The number of hydrazine groups is 1. The molecule has 0 spiro atoms. The number of carbonyl (C=O) groups is 1. The summed E-state index contributed by atoms with van der Waals surface area (Å²) in [5.41, 5.74) is 4.63. The van der Waals surface area contributed by atoms with Crippen LogP contribution in [0.3, 0.4) is 0 Å². The van der Waals surface area contributed by atoms with E-state index >= 15 is 0 Å². The Morgan fingerprint density at radius 2 is 1.95 bits per heavy atom. The van der Waals surface area contributed by atoms with Crippen molar-refractivity contribution in [1.82, 2.24) is 5.43 Å². The van der Waals surface area contributed by atoms with E-state index in [0.717, 1.165) is 16.9 Å². The third kappa shape index (κ3) is 3.33. The molecule has 0 aliphatic heterocycles. The number of nitrogens with two attached hydrogens (primary N) is 1. The first kappa shape index (κ1) is 13.1. The summed E-state index contributed by atoms with van der Waals surface area (Å²) >= 11 is 0. The molecule has 0 aromatic heterocycles. The zero-order chi connectivity index (χ0) is 13.7. The Morgan fingerprint density at radius 1 is 1.21 bits per heavy atom. The van der Waals surface area contributed by atoms with Gasteiger partial charge in [-0.3, -0.25) is 10.2 Å². The van der Waals surface area contributed by atoms with Gasteiger partial charge in [-0.15, -0.1) is 0 Å². The maximum atomic E-state index is 11.4. The number of hydrogen-bond acceptors (Lipinski definition) is 3. The smallest absolute Gasteiger partial charge is 0.265 e. The van der Waals surface area contributed by atoms with Gasteiger partial charge in [0.15, 0.2) is 0 Å². The van der Waals surface area contributed by atoms with Crippen LogP contribution in [-0.4, -0.2) is 5.91 Å². The topological polar surface area (TPSA) is 64.4 Å². The average molecular weight is 256 g/mol. The highest BCUT2D eigenvalue weighted by Crippen LogP contribution is 2.20. The molecule has 4 heteroatoms. The van der Waals surface area contributed by atoms with Crippen molar-refractivity contribution in [2.24, 2.45) is 5.84 Å². The Hall–Kier alpha value is -2.33. The normalized spacial score (nSPS) is 10.0. The van der Waals surface area contributed by atoms with Crippen molar-refractivity contribution >= 4 is 5.91 Å². The SMILES string of the molecule is Cc1cc(C(=O)NN)ccc1OCc1ccccc1. The number of rotatable bonds is 4. The second kappa shape index (κ2) is 6.02. The minimum absolute atomic E-state index is 0.308. The molecule has 0 saturated carbocycles. The number of nitrogen functional groups attached to an aromatic ring is 1. The summed E-state index contributed by atoms with van der Waals surface area (Å²) in [6.07, 6.45) is 0. The number of aryl methyl sites for hydroxylation is 1. The van der Waals surface area contributed by atoms with Gasteiger partial charge in [-0.05, 0) is 36.2 Å². The number of nitrogens with one attached hydrogen (secondary N) is 1. The Morgan fingerprint density at radius 3 is 2.58 bits per heavy atom. The predicted molar refractivity (Wildman–Crippen MR) is 73.6 cm³/mol. The monoisotopic (exact) mass is 256 g/mol. The molecule has 0 aliphatic rings. The summed E-state index contributed by atoms with van der Waals surface area (Å²) in [5.74, 6) is 5.55. The van der Waals surface area contributed by atoms with Gasteiger partial charge in [0.05, 0.1) is 0 Å². The number of ether oxygens (including phenoxy) is 1. The number of benzene rings is 2.